The van der Waals surface area contributed by atoms with E-state index in [1.807, 2.05) is 0 Å². The number of carbonyl (C=O) groups is 8. The van der Waals surface area contributed by atoms with E-state index in [9.17, 15) is 43.5 Å². The summed E-state index contributed by atoms with van der Waals surface area (Å²) < 4.78 is 58.6. The monoisotopic (exact) mass is 926 g/mol. The zero-order valence-electron chi connectivity index (χ0n) is 36.4. The Labute approximate surface area is 383 Å². The molecule has 0 bridgehead atoms. The van der Waals surface area contributed by atoms with Crippen LogP contribution in [0.25, 0.3) is 0 Å². The fraction of sp³-hybridized carbons (Fsp3) is 0.333. The summed E-state index contributed by atoms with van der Waals surface area (Å²) in [7, 11) is 0. The normalized spacial score (nSPS) is 25.5. The van der Waals surface area contributed by atoms with Crippen molar-refractivity contribution in [1.29, 1.82) is 0 Å². The van der Waals surface area contributed by atoms with Crippen LogP contribution in [-0.2, 0) is 66.5 Å². The molecule has 0 unspecified atom stereocenters. The largest absolute Gasteiger partial charge is 0.463 e. The van der Waals surface area contributed by atoms with Crippen molar-refractivity contribution in [3.05, 3.63) is 144 Å². The lowest BCUT2D eigenvalue weighted by molar-refractivity contribution is -0.340. The topological polar surface area (TPSA) is 249 Å². The lowest BCUT2D eigenvalue weighted by atomic mass is 9.83. The number of hydrogen-bond donors (Lipinski definition) is 1. The van der Waals surface area contributed by atoms with E-state index >= 15 is 0 Å². The Morgan fingerprint density at radius 1 is 0.403 bits per heavy atom. The SMILES string of the molecule is CC(=O)OC[C@H]1O[C@H](O[C@@H]2[C@@H](O)[C@@H](OC(=O)c3ccccc3)[C@H](OC(=O)c3ccccc3)[C@H](OC(=O)c3ccccc3)[C@H]2OC(=O)c2ccccc2)[C@@H](OC(C)=O)[C@@H](OC(C)=O)[C@@H]1OC(C)=O. The lowest BCUT2D eigenvalue weighted by Crippen LogP contribution is -2.70. The van der Waals surface area contributed by atoms with Gasteiger partial charge in [-0.2, -0.15) is 0 Å². The second-order valence-electron chi connectivity index (χ2n) is 15.1. The zero-order valence-corrected chi connectivity index (χ0v) is 36.4. The van der Waals surface area contributed by atoms with Gasteiger partial charge in [-0.3, -0.25) is 19.2 Å². The molecule has 0 amide bonds. The van der Waals surface area contributed by atoms with Gasteiger partial charge in [0.05, 0.1) is 22.3 Å². The number of carbonyl (C=O) groups excluding carboxylic acids is 8. The van der Waals surface area contributed by atoms with E-state index in [2.05, 4.69) is 0 Å². The van der Waals surface area contributed by atoms with Crippen LogP contribution in [0.1, 0.15) is 69.1 Å². The average Bonchev–Trinajstić information content (AvgIpc) is 3.31. The number of hydrogen-bond acceptors (Lipinski definition) is 19. The molecular formula is C48H46O19. The van der Waals surface area contributed by atoms with E-state index in [0.717, 1.165) is 27.7 Å². The second-order valence-corrected chi connectivity index (χ2v) is 15.1. The van der Waals surface area contributed by atoms with Crippen LogP contribution >= 0.6 is 0 Å². The van der Waals surface area contributed by atoms with E-state index in [1.54, 1.807) is 24.3 Å². The Hall–Kier alpha value is -7.48. The van der Waals surface area contributed by atoms with E-state index in [-0.39, 0.29) is 22.3 Å². The van der Waals surface area contributed by atoms with Gasteiger partial charge in [-0.05, 0) is 48.5 Å². The Morgan fingerprint density at radius 2 is 0.716 bits per heavy atom. The zero-order chi connectivity index (χ0) is 48.2. The summed E-state index contributed by atoms with van der Waals surface area (Å²) >= 11 is 0. The Bertz CT molecular complexity index is 2380. The van der Waals surface area contributed by atoms with Gasteiger partial charge in [-0.15, -0.1) is 0 Å². The van der Waals surface area contributed by atoms with Crippen LogP contribution in [0.2, 0.25) is 0 Å². The van der Waals surface area contributed by atoms with E-state index in [0.29, 0.717) is 0 Å². The second kappa shape index (κ2) is 22.6. The van der Waals surface area contributed by atoms with Crippen molar-refractivity contribution in [2.75, 3.05) is 6.61 Å². The highest BCUT2D eigenvalue weighted by molar-refractivity contribution is 5.92. The van der Waals surface area contributed by atoms with E-state index < -0.39 is 122 Å². The molecule has 2 fully saturated rings. The maximum Gasteiger partial charge on any atom is 0.338 e. The molecule has 4 aromatic carbocycles. The number of rotatable bonds is 15. The predicted octanol–water partition coefficient (Wildman–Crippen LogP) is 3.73. The number of benzene rings is 4. The maximum absolute atomic E-state index is 14.1. The molecular weight excluding hydrogens is 881 g/mol. The van der Waals surface area contributed by atoms with Crippen LogP contribution in [0.3, 0.4) is 0 Å². The molecule has 19 nitrogen and oxygen atoms in total. The molecule has 1 saturated carbocycles. The molecule has 67 heavy (non-hydrogen) atoms. The highest BCUT2D eigenvalue weighted by atomic mass is 16.8. The summed E-state index contributed by atoms with van der Waals surface area (Å²) in [6, 6.07) is 29.9. The van der Waals surface area contributed by atoms with Crippen molar-refractivity contribution in [1.82, 2.24) is 0 Å². The highest BCUT2D eigenvalue weighted by Gasteiger charge is 2.61. The molecule has 0 aromatic heterocycles. The van der Waals surface area contributed by atoms with Gasteiger partial charge < -0.3 is 52.5 Å². The molecule has 11 atom stereocenters. The minimum Gasteiger partial charge on any atom is -0.463 e. The summed E-state index contributed by atoms with van der Waals surface area (Å²) in [5.41, 5.74) is -0.140. The molecule has 19 heteroatoms. The first-order valence-corrected chi connectivity index (χ1v) is 20.8. The molecule has 1 heterocycles. The van der Waals surface area contributed by atoms with Crippen LogP contribution in [0, 0.1) is 0 Å². The van der Waals surface area contributed by atoms with Gasteiger partial charge in [-0.1, -0.05) is 72.8 Å². The van der Waals surface area contributed by atoms with Crippen LogP contribution in [0.5, 0.6) is 0 Å². The van der Waals surface area contributed by atoms with Crippen LogP contribution in [0.4, 0.5) is 0 Å². The Kier molecular flexibility index (Phi) is 16.5. The third-order valence-electron chi connectivity index (χ3n) is 10.2. The van der Waals surface area contributed by atoms with Gasteiger partial charge in [-0.25, -0.2) is 19.2 Å². The van der Waals surface area contributed by atoms with E-state index in [1.165, 1.54) is 97.1 Å². The van der Waals surface area contributed by atoms with Crippen molar-refractivity contribution < 1.29 is 90.8 Å². The highest BCUT2D eigenvalue weighted by Crippen LogP contribution is 2.38. The van der Waals surface area contributed by atoms with Gasteiger partial charge >= 0.3 is 47.8 Å². The summed E-state index contributed by atoms with van der Waals surface area (Å²) in [4.78, 5) is 106. The standard InChI is InChI=1S/C48H46O19/c1-26(49)58-25-34-36(59-27(2)50)39(60-28(3)51)43(61-29(4)52)48(62-34)67-38-35(53)37(63-44(54)30-17-9-5-10-18-30)40(64-45(55)31-19-11-6-12-20-31)42(66-47(57)33-23-15-8-16-24-33)41(38)65-46(56)32-21-13-7-14-22-32/h5-24,34-43,48,53H,25H2,1-4H3/t34-,35+,36-,37-,38-,39+,40+,41+,42+,43+,48-/m1/s1. The quantitative estimate of drug-likeness (QED) is 0.132. The number of ether oxygens (including phenoxy) is 10. The molecule has 1 aliphatic heterocycles. The fourth-order valence-electron chi connectivity index (χ4n) is 7.35. The van der Waals surface area contributed by atoms with Crippen molar-refractivity contribution in [2.45, 2.75) is 95.0 Å². The molecule has 1 saturated heterocycles. The third kappa shape index (κ3) is 12.7. The minimum atomic E-state index is -2.24. The first-order chi connectivity index (χ1) is 32.1. The van der Waals surface area contributed by atoms with Gasteiger partial charge in [0.25, 0.3) is 0 Å². The maximum atomic E-state index is 14.1. The minimum absolute atomic E-state index is 0.0213. The van der Waals surface area contributed by atoms with Crippen molar-refractivity contribution in [3.8, 4) is 0 Å². The van der Waals surface area contributed by atoms with Crippen LogP contribution in [-0.4, -0.2) is 127 Å². The number of esters is 8. The lowest BCUT2D eigenvalue weighted by Gasteiger charge is -2.49. The summed E-state index contributed by atoms with van der Waals surface area (Å²) in [6.45, 7) is 3.40. The van der Waals surface area contributed by atoms with Gasteiger partial charge in [0.2, 0.25) is 0 Å². The summed E-state index contributed by atoms with van der Waals surface area (Å²) in [5.74, 6) is -7.97. The molecule has 6 rings (SSSR count). The fourth-order valence-corrected chi connectivity index (χ4v) is 7.35. The molecule has 2 aliphatic rings. The number of aliphatic hydroxyl groups excluding tert-OH is 1. The van der Waals surface area contributed by atoms with Gasteiger partial charge in [0, 0.05) is 27.7 Å². The molecule has 1 N–H and O–H groups in total. The molecule has 1 aliphatic carbocycles. The van der Waals surface area contributed by atoms with Gasteiger partial charge in [0.15, 0.2) is 49.0 Å². The van der Waals surface area contributed by atoms with Crippen LogP contribution < -0.4 is 0 Å². The number of aliphatic hydroxyl groups is 1. The van der Waals surface area contributed by atoms with E-state index in [4.69, 9.17) is 47.4 Å². The first kappa shape index (κ1) is 49.0. The molecule has 352 valence electrons. The first-order valence-electron chi connectivity index (χ1n) is 20.8. The smallest absolute Gasteiger partial charge is 0.338 e. The van der Waals surface area contributed by atoms with Crippen molar-refractivity contribution in [2.24, 2.45) is 0 Å². The molecule has 0 spiro atoms. The van der Waals surface area contributed by atoms with Crippen LogP contribution in [0.15, 0.2) is 121 Å². The Morgan fingerprint density at radius 3 is 1.09 bits per heavy atom. The Balaban J connectivity index is 1.54. The molecule has 0 radical (unpaired) electrons. The average molecular weight is 927 g/mol. The third-order valence-corrected chi connectivity index (χ3v) is 10.2. The molecule has 4 aromatic rings. The summed E-state index contributed by atoms with van der Waals surface area (Å²) in [5, 5.41) is 12.6. The van der Waals surface area contributed by atoms with Gasteiger partial charge in [0.1, 0.15) is 24.9 Å². The van der Waals surface area contributed by atoms with Crippen molar-refractivity contribution in [3.63, 3.8) is 0 Å². The predicted molar refractivity (Wildman–Crippen MR) is 225 cm³/mol. The summed E-state index contributed by atoms with van der Waals surface area (Å²) in [6.07, 6.45) is -21.3. The van der Waals surface area contributed by atoms with Crippen molar-refractivity contribution >= 4 is 47.8 Å².